The van der Waals surface area contributed by atoms with E-state index in [0.717, 1.165) is 12.5 Å². The van der Waals surface area contributed by atoms with Crippen LogP contribution in [0.4, 0.5) is 21.7 Å². The number of hydrazine groups is 1. The van der Waals surface area contributed by atoms with E-state index in [1.165, 1.54) is 23.5 Å². The van der Waals surface area contributed by atoms with E-state index >= 15 is 0 Å². The number of nitrogens with two attached hydrogens (primary N) is 2. The van der Waals surface area contributed by atoms with Gasteiger partial charge >= 0.3 is 0 Å². The van der Waals surface area contributed by atoms with Crippen LogP contribution in [0.3, 0.4) is 0 Å². The number of nitrogens with one attached hydrogen (secondary N) is 1. The topological polar surface area (TPSA) is 140 Å². The number of hydrogen-bond acceptors (Lipinski definition) is 8. The maximum Gasteiger partial charge on any atom is 0.271 e. The van der Waals surface area contributed by atoms with Gasteiger partial charge in [0.1, 0.15) is 12.1 Å². The molecule has 2 rings (SSSR count). The van der Waals surface area contributed by atoms with Gasteiger partial charge in [0, 0.05) is 12.5 Å². The molecule has 0 saturated carbocycles. The van der Waals surface area contributed by atoms with Crippen LogP contribution < -0.4 is 21.9 Å². The zero-order valence-corrected chi connectivity index (χ0v) is 12.8. The van der Waals surface area contributed by atoms with E-state index in [1.54, 1.807) is 6.92 Å². The van der Waals surface area contributed by atoms with Gasteiger partial charge in [0.05, 0.1) is 30.3 Å². The lowest BCUT2D eigenvalue weighted by Crippen LogP contribution is -2.40. The minimum atomic E-state index is -0.814. The molecule has 24 heavy (non-hydrogen) atoms. The average Bonchev–Trinajstić information content (AvgIpc) is 2.54. The maximum atomic E-state index is 13.2. The Balaban J connectivity index is 2.38. The highest BCUT2D eigenvalue weighted by molar-refractivity contribution is 5.96. The molecule has 10 heteroatoms. The predicted octanol–water partition coefficient (Wildman–Crippen LogP) is 0.511. The van der Waals surface area contributed by atoms with Gasteiger partial charge in [-0.15, -0.1) is 0 Å². The third kappa shape index (κ3) is 3.98. The van der Waals surface area contributed by atoms with Crippen molar-refractivity contribution < 1.29 is 14.0 Å². The first-order chi connectivity index (χ1) is 11.4. The van der Waals surface area contributed by atoms with Gasteiger partial charge in [0.15, 0.2) is 17.3 Å². The molecule has 0 fully saturated rings. The number of aromatic nitrogens is 3. The third-order valence-corrected chi connectivity index (χ3v) is 3.14. The molecule has 0 unspecified atom stereocenters. The Morgan fingerprint density at radius 2 is 2.21 bits per heavy atom. The van der Waals surface area contributed by atoms with Gasteiger partial charge in [-0.3, -0.25) is 14.8 Å². The Bertz CT molecular complexity index is 756. The quantitative estimate of drug-likeness (QED) is 0.378. The van der Waals surface area contributed by atoms with Crippen LogP contribution in [-0.2, 0) is 4.79 Å². The van der Waals surface area contributed by atoms with Gasteiger partial charge in [-0.25, -0.2) is 20.2 Å². The minimum absolute atomic E-state index is 0.00107. The fourth-order valence-corrected chi connectivity index (χ4v) is 1.87. The fraction of sp³-hybridized carbons (Fsp3) is 0.214. The van der Waals surface area contributed by atoms with Crippen molar-refractivity contribution in [1.82, 2.24) is 15.0 Å². The molecule has 1 atom stereocenters. The summed E-state index contributed by atoms with van der Waals surface area (Å²) in [5, 5.41) is 3.97. The number of carbonyl (C=O) groups is 2. The molecule has 0 saturated heterocycles. The monoisotopic (exact) mass is 333 g/mol. The van der Waals surface area contributed by atoms with Gasteiger partial charge in [-0.05, 0) is 6.92 Å². The first-order valence-corrected chi connectivity index (χ1v) is 6.94. The molecule has 0 spiro atoms. The number of aldehydes is 1. The molecule has 0 aliphatic rings. The summed E-state index contributed by atoms with van der Waals surface area (Å²) < 4.78 is 13.2. The molecular formula is C14H16FN7O2. The highest BCUT2D eigenvalue weighted by Crippen LogP contribution is 2.21. The number of halogens is 1. The van der Waals surface area contributed by atoms with Gasteiger partial charge in [-0.2, -0.15) is 0 Å². The van der Waals surface area contributed by atoms with Gasteiger partial charge in [-0.1, -0.05) is 0 Å². The smallest absolute Gasteiger partial charge is 0.271 e. The zero-order chi connectivity index (χ0) is 17.7. The van der Waals surface area contributed by atoms with E-state index in [1.807, 2.05) is 0 Å². The molecule has 0 aliphatic carbocycles. The first-order valence-electron chi connectivity index (χ1n) is 6.94. The van der Waals surface area contributed by atoms with Crippen LogP contribution in [0.1, 0.15) is 23.8 Å². The number of carbonyl (C=O) groups excluding carboxylic acids is 2. The van der Waals surface area contributed by atoms with E-state index in [9.17, 15) is 14.0 Å². The van der Waals surface area contributed by atoms with Crippen molar-refractivity contribution in [2.75, 3.05) is 10.3 Å². The normalized spacial score (nSPS) is 11.6. The van der Waals surface area contributed by atoms with Gasteiger partial charge in [0.2, 0.25) is 0 Å². The second kappa shape index (κ2) is 7.42. The molecule has 1 amide bonds. The van der Waals surface area contributed by atoms with Crippen molar-refractivity contribution in [3.05, 3.63) is 36.2 Å². The number of primary amides is 1. The highest BCUT2D eigenvalue weighted by Gasteiger charge is 2.18. The molecule has 2 aromatic heterocycles. The average molecular weight is 333 g/mol. The van der Waals surface area contributed by atoms with Crippen molar-refractivity contribution in [3.8, 4) is 0 Å². The molecule has 9 nitrogen and oxygen atoms in total. The van der Waals surface area contributed by atoms with Crippen LogP contribution >= 0.6 is 0 Å². The van der Waals surface area contributed by atoms with Crippen LogP contribution in [-0.4, -0.2) is 33.2 Å². The molecule has 0 radical (unpaired) electrons. The Labute approximate surface area is 136 Å². The third-order valence-electron chi connectivity index (χ3n) is 3.14. The molecule has 5 N–H and O–H groups in total. The van der Waals surface area contributed by atoms with Gasteiger partial charge < -0.3 is 15.8 Å². The van der Waals surface area contributed by atoms with Crippen molar-refractivity contribution in [2.24, 2.45) is 11.6 Å². The van der Waals surface area contributed by atoms with E-state index in [4.69, 9.17) is 11.6 Å². The lowest BCUT2D eigenvalue weighted by Gasteiger charge is -2.24. The summed E-state index contributed by atoms with van der Waals surface area (Å²) in [6.45, 7) is 1.72. The number of hydrogen-bond donors (Lipinski definition) is 3. The van der Waals surface area contributed by atoms with Crippen molar-refractivity contribution in [2.45, 2.75) is 19.4 Å². The lowest BCUT2D eigenvalue weighted by atomic mass is 10.2. The number of pyridine rings is 1. The van der Waals surface area contributed by atoms with Crippen LogP contribution in [0.15, 0.2) is 24.7 Å². The van der Waals surface area contributed by atoms with E-state index in [-0.39, 0.29) is 35.5 Å². The van der Waals surface area contributed by atoms with Crippen molar-refractivity contribution in [3.63, 3.8) is 0 Å². The van der Waals surface area contributed by atoms with E-state index in [2.05, 4.69) is 20.3 Å². The van der Waals surface area contributed by atoms with Crippen LogP contribution in [0, 0.1) is 5.82 Å². The van der Waals surface area contributed by atoms with Crippen molar-refractivity contribution >= 4 is 29.5 Å². The molecule has 2 heterocycles. The molecule has 0 aromatic carbocycles. The first kappa shape index (κ1) is 17.2. The SMILES string of the molecule is C[C@H](CC=O)N(N)c1cnc(C(N)=O)c(Nc2cncc(F)c2)n1. The largest absolute Gasteiger partial charge is 0.364 e. The summed E-state index contributed by atoms with van der Waals surface area (Å²) in [5.74, 6) is 4.72. The number of rotatable bonds is 7. The highest BCUT2D eigenvalue weighted by atomic mass is 19.1. The predicted molar refractivity (Wildman–Crippen MR) is 84.8 cm³/mol. The summed E-state index contributed by atoms with van der Waals surface area (Å²) in [7, 11) is 0. The van der Waals surface area contributed by atoms with Crippen molar-refractivity contribution in [1.29, 1.82) is 0 Å². The molecule has 2 aromatic rings. The number of anilines is 3. The molecule has 0 bridgehead atoms. The summed E-state index contributed by atoms with van der Waals surface area (Å²) >= 11 is 0. The zero-order valence-electron chi connectivity index (χ0n) is 12.8. The molecule has 126 valence electrons. The number of nitrogens with zero attached hydrogens (tertiary/aromatic N) is 4. The Kier molecular flexibility index (Phi) is 5.32. The second-order valence-electron chi connectivity index (χ2n) is 4.97. The Hall–Kier alpha value is -3.14. The Morgan fingerprint density at radius 1 is 1.46 bits per heavy atom. The van der Waals surface area contributed by atoms with E-state index in [0.29, 0.717) is 0 Å². The Morgan fingerprint density at radius 3 is 2.83 bits per heavy atom. The summed E-state index contributed by atoms with van der Waals surface area (Å²) in [5.41, 5.74) is 5.39. The van der Waals surface area contributed by atoms with Gasteiger partial charge in [0.25, 0.3) is 5.91 Å². The standard InChI is InChI=1S/C14H16FN7O2/c1-8(2-3-23)22(17)11-7-19-12(13(16)24)14(21-11)20-10-4-9(15)5-18-6-10/h3-8H,2,17H2,1H3,(H2,16,24)(H,20,21)/t8-/m1/s1. The summed E-state index contributed by atoms with van der Waals surface area (Å²) in [6.07, 6.45) is 4.55. The summed E-state index contributed by atoms with van der Waals surface area (Å²) in [4.78, 5) is 33.9. The van der Waals surface area contributed by atoms with E-state index < -0.39 is 11.7 Å². The molecular weight excluding hydrogens is 317 g/mol. The fourth-order valence-electron chi connectivity index (χ4n) is 1.87. The second-order valence-corrected chi connectivity index (χ2v) is 4.97. The maximum absolute atomic E-state index is 13.2. The van der Waals surface area contributed by atoms with Crippen LogP contribution in [0.25, 0.3) is 0 Å². The molecule has 0 aliphatic heterocycles. The minimum Gasteiger partial charge on any atom is -0.364 e. The summed E-state index contributed by atoms with van der Waals surface area (Å²) in [6, 6.07) is 0.835. The van der Waals surface area contributed by atoms with Crippen LogP contribution in [0.5, 0.6) is 0 Å². The lowest BCUT2D eigenvalue weighted by molar-refractivity contribution is -0.108. The number of amides is 1. The van der Waals surface area contributed by atoms with Crippen LogP contribution in [0.2, 0.25) is 0 Å².